The lowest BCUT2D eigenvalue weighted by atomic mass is 9.96. The van der Waals surface area contributed by atoms with Gasteiger partial charge in [-0.1, -0.05) is 13.8 Å². The topological polar surface area (TPSA) is 55.3 Å². The number of alkyl carbamates (subject to hydrolysis) is 1. The fourth-order valence-corrected chi connectivity index (χ4v) is 1.73. The van der Waals surface area contributed by atoms with Gasteiger partial charge < -0.3 is 15.5 Å². The normalized spacial score (nSPS) is 13.1. The van der Waals surface area contributed by atoms with E-state index in [1.807, 2.05) is 50.0 Å². The van der Waals surface area contributed by atoms with Crippen molar-refractivity contribution < 1.29 is 9.53 Å². The highest BCUT2D eigenvalue weighted by atomic mass is 16.6. The molecule has 1 amide bonds. The Morgan fingerprint density at radius 3 is 2.30 bits per heavy atom. The van der Waals surface area contributed by atoms with Gasteiger partial charge in [-0.25, -0.2) is 4.79 Å². The summed E-state index contributed by atoms with van der Waals surface area (Å²) in [6.45, 7) is 11.3. The van der Waals surface area contributed by atoms with Crippen LogP contribution in [0.1, 0.15) is 34.6 Å². The number of nitrogens with zero attached hydrogens (tertiary/aromatic N) is 1. The quantitative estimate of drug-likeness (QED) is 0.843. The molecule has 1 unspecified atom stereocenters. The summed E-state index contributed by atoms with van der Waals surface area (Å²) in [5, 5.41) is 2.84. The molecule has 1 aromatic heterocycles. The lowest BCUT2D eigenvalue weighted by molar-refractivity contribution is 0.0516. The van der Waals surface area contributed by atoms with E-state index in [-0.39, 0.29) is 6.09 Å². The fourth-order valence-electron chi connectivity index (χ4n) is 1.73. The summed E-state index contributed by atoms with van der Waals surface area (Å²) in [6, 6.07) is 3.94. The first-order valence-electron chi connectivity index (χ1n) is 7.11. The van der Waals surface area contributed by atoms with Gasteiger partial charge >= 0.3 is 6.09 Å². The van der Waals surface area contributed by atoms with Crippen molar-refractivity contribution in [3.8, 4) is 0 Å². The number of hydrogen-bond donors (Lipinski definition) is 2. The SMILES string of the molecule is CC(C)C(CNC(=O)OC(C)(C)C)CNn1cccc1. The fraction of sp³-hybridized carbons (Fsp3) is 0.667. The van der Waals surface area contributed by atoms with E-state index in [0.29, 0.717) is 18.4 Å². The van der Waals surface area contributed by atoms with Gasteiger partial charge in [0.1, 0.15) is 5.60 Å². The van der Waals surface area contributed by atoms with Gasteiger partial charge in [0.05, 0.1) is 0 Å². The van der Waals surface area contributed by atoms with Crippen LogP contribution in [-0.4, -0.2) is 29.5 Å². The molecule has 0 bridgehead atoms. The molecule has 5 nitrogen and oxygen atoms in total. The third kappa shape index (κ3) is 6.50. The monoisotopic (exact) mass is 281 g/mol. The molecule has 0 radical (unpaired) electrons. The summed E-state index contributed by atoms with van der Waals surface area (Å²) in [6.07, 6.45) is 3.56. The van der Waals surface area contributed by atoms with Gasteiger partial charge in [0, 0.05) is 25.5 Å². The van der Waals surface area contributed by atoms with Crippen LogP contribution >= 0.6 is 0 Å². The van der Waals surface area contributed by atoms with Crippen LogP contribution in [0.4, 0.5) is 4.79 Å². The van der Waals surface area contributed by atoms with E-state index >= 15 is 0 Å². The first-order chi connectivity index (χ1) is 9.28. The molecule has 0 fully saturated rings. The highest BCUT2D eigenvalue weighted by molar-refractivity contribution is 5.67. The highest BCUT2D eigenvalue weighted by Gasteiger charge is 2.19. The molecule has 1 heterocycles. The number of hydrogen-bond acceptors (Lipinski definition) is 3. The summed E-state index contributed by atoms with van der Waals surface area (Å²) in [4.78, 5) is 11.7. The molecule has 1 rings (SSSR count). The van der Waals surface area contributed by atoms with E-state index in [1.165, 1.54) is 0 Å². The third-order valence-corrected chi connectivity index (χ3v) is 2.99. The summed E-state index contributed by atoms with van der Waals surface area (Å²) in [7, 11) is 0. The maximum absolute atomic E-state index is 11.7. The molecule has 0 aromatic carbocycles. The minimum atomic E-state index is -0.458. The molecule has 1 aromatic rings. The van der Waals surface area contributed by atoms with Gasteiger partial charge in [-0.3, -0.25) is 4.68 Å². The minimum absolute atomic E-state index is 0.338. The minimum Gasteiger partial charge on any atom is -0.444 e. The molecule has 20 heavy (non-hydrogen) atoms. The van der Waals surface area contributed by atoms with Crippen molar-refractivity contribution in [1.29, 1.82) is 0 Å². The van der Waals surface area contributed by atoms with E-state index in [4.69, 9.17) is 4.74 Å². The number of aromatic nitrogens is 1. The predicted molar refractivity (Wildman–Crippen MR) is 81.2 cm³/mol. The molecule has 0 spiro atoms. The Kier molecular flexibility index (Phi) is 5.92. The summed E-state index contributed by atoms with van der Waals surface area (Å²) in [5.41, 5.74) is 2.85. The van der Waals surface area contributed by atoms with Crippen LogP contribution < -0.4 is 10.7 Å². The summed E-state index contributed by atoms with van der Waals surface area (Å²) >= 11 is 0. The van der Waals surface area contributed by atoms with Crippen molar-refractivity contribution in [2.45, 2.75) is 40.2 Å². The van der Waals surface area contributed by atoms with Crippen LogP contribution in [0.3, 0.4) is 0 Å². The Labute approximate surface area is 121 Å². The van der Waals surface area contributed by atoms with Crippen LogP contribution in [0.5, 0.6) is 0 Å². The number of ether oxygens (including phenoxy) is 1. The molecule has 5 heteroatoms. The molecule has 0 aliphatic carbocycles. The van der Waals surface area contributed by atoms with Crippen molar-refractivity contribution in [2.75, 3.05) is 18.5 Å². The van der Waals surface area contributed by atoms with Crippen molar-refractivity contribution in [3.63, 3.8) is 0 Å². The second-order valence-corrected chi connectivity index (χ2v) is 6.34. The lowest BCUT2D eigenvalue weighted by Gasteiger charge is -2.24. The van der Waals surface area contributed by atoms with Gasteiger partial charge in [-0.15, -0.1) is 0 Å². The summed E-state index contributed by atoms with van der Waals surface area (Å²) in [5.74, 6) is 0.804. The van der Waals surface area contributed by atoms with Crippen LogP contribution in [0, 0.1) is 11.8 Å². The molecule has 0 saturated carbocycles. The number of amides is 1. The number of carbonyl (C=O) groups is 1. The smallest absolute Gasteiger partial charge is 0.407 e. The maximum Gasteiger partial charge on any atom is 0.407 e. The van der Waals surface area contributed by atoms with Crippen molar-refractivity contribution >= 4 is 6.09 Å². The zero-order valence-electron chi connectivity index (χ0n) is 13.1. The van der Waals surface area contributed by atoms with Crippen molar-refractivity contribution in [2.24, 2.45) is 11.8 Å². The molecule has 2 N–H and O–H groups in total. The van der Waals surface area contributed by atoms with Crippen LogP contribution in [0.15, 0.2) is 24.5 Å². The van der Waals surface area contributed by atoms with E-state index < -0.39 is 5.60 Å². The van der Waals surface area contributed by atoms with Crippen LogP contribution in [0.25, 0.3) is 0 Å². The average Bonchev–Trinajstić information content (AvgIpc) is 2.78. The van der Waals surface area contributed by atoms with Gasteiger partial charge in [-0.2, -0.15) is 0 Å². The predicted octanol–water partition coefficient (Wildman–Crippen LogP) is 2.83. The Morgan fingerprint density at radius 2 is 1.80 bits per heavy atom. The van der Waals surface area contributed by atoms with Crippen LogP contribution in [-0.2, 0) is 4.74 Å². The Bertz CT molecular complexity index is 394. The molecule has 1 atom stereocenters. The Morgan fingerprint density at radius 1 is 1.20 bits per heavy atom. The summed E-state index contributed by atoms with van der Waals surface area (Å²) < 4.78 is 7.16. The van der Waals surface area contributed by atoms with Crippen molar-refractivity contribution in [3.05, 3.63) is 24.5 Å². The van der Waals surface area contributed by atoms with E-state index in [1.54, 1.807) is 0 Å². The average molecular weight is 281 g/mol. The largest absolute Gasteiger partial charge is 0.444 e. The molecule has 0 aliphatic rings. The first-order valence-corrected chi connectivity index (χ1v) is 7.11. The van der Waals surface area contributed by atoms with Crippen molar-refractivity contribution in [1.82, 2.24) is 9.99 Å². The van der Waals surface area contributed by atoms with E-state index in [2.05, 4.69) is 24.6 Å². The molecular formula is C15H27N3O2. The lowest BCUT2D eigenvalue weighted by Crippen LogP contribution is -2.39. The van der Waals surface area contributed by atoms with Gasteiger partial charge in [0.15, 0.2) is 0 Å². The zero-order valence-corrected chi connectivity index (χ0v) is 13.1. The van der Waals surface area contributed by atoms with E-state index in [9.17, 15) is 4.79 Å². The highest BCUT2D eigenvalue weighted by Crippen LogP contribution is 2.10. The van der Waals surface area contributed by atoms with Gasteiger partial charge in [0.25, 0.3) is 0 Å². The van der Waals surface area contributed by atoms with Gasteiger partial charge in [0.2, 0.25) is 0 Å². The standard InChI is InChI=1S/C15H27N3O2/c1-12(2)13(11-17-18-8-6-7-9-18)10-16-14(19)20-15(3,4)5/h6-9,12-13,17H,10-11H2,1-5H3,(H,16,19). The first kappa shape index (κ1) is 16.4. The number of carbonyl (C=O) groups excluding carboxylic acids is 1. The van der Waals surface area contributed by atoms with Gasteiger partial charge in [-0.05, 0) is 44.7 Å². The molecule has 0 saturated heterocycles. The Hall–Kier alpha value is -1.65. The second kappa shape index (κ2) is 7.22. The third-order valence-electron chi connectivity index (χ3n) is 2.99. The van der Waals surface area contributed by atoms with E-state index in [0.717, 1.165) is 6.54 Å². The number of nitrogens with one attached hydrogen (secondary N) is 2. The van der Waals surface area contributed by atoms with Crippen LogP contribution in [0.2, 0.25) is 0 Å². The number of rotatable bonds is 6. The molecule has 114 valence electrons. The zero-order chi connectivity index (χ0) is 15.2. The Balaban J connectivity index is 2.37. The second-order valence-electron chi connectivity index (χ2n) is 6.34. The maximum atomic E-state index is 11.7. The molecular weight excluding hydrogens is 254 g/mol. The molecule has 0 aliphatic heterocycles.